The minimum absolute atomic E-state index is 0.172. The first kappa shape index (κ1) is 18.9. The molecule has 0 unspecified atom stereocenters. The Morgan fingerprint density at radius 3 is 2.82 bits per heavy atom. The monoisotopic (exact) mass is 399 g/mol. The van der Waals surface area contributed by atoms with Crippen LogP contribution in [0.25, 0.3) is 10.4 Å². The molecule has 0 bridgehead atoms. The number of thiazole rings is 1. The molecule has 2 aliphatic rings. The quantitative estimate of drug-likeness (QED) is 0.822. The van der Waals surface area contributed by atoms with Gasteiger partial charge in [-0.25, -0.2) is 9.78 Å². The van der Waals surface area contributed by atoms with Crippen molar-refractivity contribution < 1.29 is 9.59 Å². The Kier molecular flexibility index (Phi) is 4.82. The van der Waals surface area contributed by atoms with Crippen molar-refractivity contribution in [1.82, 2.24) is 14.9 Å². The van der Waals surface area contributed by atoms with Crippen molar-refractivity contribution in [2.75, 3.05) is 11.9 Å². The van der Waals surface area contributed by atoms with Crippen molar-refractivity contribution in [3.8, 4) is 10.4 Å². The van der Waals surface area contributed by atoms with Crippen LogP contribution in [0.3, 0.4) is 0 Å². The van der Waals surface area contributed by atoms with Crippen molar-refractivity contribution in [2.45, 2.75) is 57.4 Å². The summed E-state index contributed by atoms with van der Waals surface area (Å²) in [5, 5.41) is 3.37. The molecule has 1 saturated heterocycles. The van der Waals surface area contributed by atoms with E-state index in [1.54, 1.807) is 0 Å². The van der Waals surface area contributed by atoms with Gasteiger partial charge in [-0.05, 0) is 50.3 Å². The van der Waals surface area contributed by atoms with Crippen LogP contribution < -0.4 is 11.1 Å². The zero-order valence-corrected chi connectivity index (χ0v) is 17.0. The Morgan fingerprint density at radius 1 is 1.36 bits per heavy atom. The van der Waals surface area contributed by atoms with Gasteiger partial charge in [0.25, 0.3) is 0 Å². The summed E-state index contributed by atoms with van der Waals surface area (Å²) in [6.07, 6.45) is 6.84. The second-order valence-corrected chi connectivity index (χ2v) is 8.96. The summed E-state index contributed by atoms with van der Waals surface area (Å²) in [5.41, 5.74) is 8.64. The largest absolute Gasteiger partial charge is 0.368 e. The van der Waals surface area contributed by atoms with Gasteiger partial charge in [0, 0.05) is 23.9 Å². The highest BCUT2D eigenvalue weighted by Crippen LogP contribution is 2.43. The number of hydrogen-bond acceptors (Lipinski definition) is 5. The summed E-state index contributed by atoms with van der Waals surface area (Å²) in [4.78, 5) is 35.7. The summed E-state index contributed by atoms with van der Waals surface area (Å²) in [6, 6.07) is 3.28. The van der Waals surface area contributed by atoms with Crippen molar-refractivity contribution in [3.63, 3.8) is 0 Å². The Labute approximate surface area is 168 Å². The maximum absolute atomic E-state index is 12.6. The third-order valence-corrected chi connectivity index (χ3v) is 7.07. The molecule has 1 saturated carbocycles. The normalized spacial score (nSPS) is 20.6. The van der Waals surface area contributed by atoms with E-state index >= 15 is 0 Å². The third-order valence-electron chi connectivity index (χ3n) is 5.95. The van der Waals surface area contributed by atoms with E-state index in [2.05, 4.69) is 28.3 Å². The maximum atomic E-state index is 12.6. The number of urea groups is 1. The number of nitrogens with two attached hydrogens (primary N) is 1. The Bertz CT molecular complexity index is 921. The molecule has 7 nitrogen and oxygen atoms in total. The van der Waals surface area contributed by atoms with E-state index in [-0.39, 0.29) is 11.4 Å². The van der Waals surface area contributed by atoms with Crippen LogP contribution in [-0.4, -0.2) is 39.4 Å². The number of pyridine rings is 1. The van der Waals surface area contributed by atoms with E-state index < -0.39 is 11.9 Å². The fourth-order valence-electron chi connectivity index (χ4n) is 4.05. The molecular weight excluding hydrogens is 374 g/mol. The number of amides is 3. The smallest absolute Gasteiger partial charge is 0.324 e. The lowest BCUT2D eigenvalue weighted by Crippen LogP contribution is -2.45. The Balaban J connectivity index is 1.54. The van der Waals surface area contributed by atoms with Crippen LogP contribution in [0.1, 0.15) is 50.4 Å². The van der Waals surface area contributed by atoms with Crippen molar-refractivity contribution in [1.29, 1.82) is 0 Å². The molecule has 1 atom stereocenters. The van der Waals surface area contributed by atoms with Crippen LogP contribution in [-0.2, 0) is 10.2 Å². The molecule has 2 aromatic rings. The number of carbonyl (C=O) groups excluding carboxylic acids is 2. The van der Waals surface area contributed by atoms with E-state index in [0.29, 0.717) is 18.1 Å². The molecule has 2 aromatic heterocycles. The number of aryl methyl sites for hydroxylation is 1. The van der Waals surface area contributed by atoms with Crippen LogP contribution in [0.4, 0.5) is 9.93 Å². The fourth-order valence-corrected chi connectivity index (χ4v) is 5.00. The molecule has 3 amide bonds. The summed E-state index contributed by atoms with van der Waals surface area (Å²) < 4.78 is 0. The van der Waals surface area contributed by atoms with Crippen LogP contribution in [0.5, 0.6) is 0 Å². The lowest BCUT2D eigenvalue weighted by atomic mass is 9.68. The van der Waals surface area contributed by atoms with E-state index in [1.165, 1.54) is 35.5 Å². The van der Waals surface area contributed by atoms with Crippen molar-refractivity contribution in [3.05, 3.63) is 29.7 Å². The number of aromatic nitrogens is 2. The molecule has 0 spiro atoms. The third kappa shape index (κ3) is 3.37. The topological polar surface area (TPSA) is 101 Å². The number of nitrogens with one attached hydrogen (secondary N) is 1. The number of carbonyl (C=O) groups is 2. The highest BCUT2D eigenvalue weighted by Gasteiger charge is 2.35. The molecule has 8 heteroatoms. The first-order valence-electron chi connectivity index (χ1n) is 9.69. The minimum Gasteiger partial charge on any atom is -0.368 e. The number of anilines is 1. The van der Waals surface area contributed by atoms with Gasteiger partial charge < -0.3 is 10.6 Å². The fraction of sp³-hybridized carbons (Fsp3) is 0.500. The van der Waals surface area contributed by atoms with Gasteiger partial charge in [-0.15, -0.1) is 0 Å². The Morgan fingerprint density at radius 2 is 2.14 bits per heavy atom. The van der Waals surface area contributed by atoms with Gasteiger partial charge in [-0.3, -0.25) is 15.1 Å². The van der Waals surface area contributed by atoms with E-state index in [0.717, 1.165) is 28.2 Å². The SMILES string of the molecule is Cc1nc(NC(=O)N2CCC[C@H]2C(N)=O)sc1-c1ccnc(C2(C)CCC2)c1. The second kappa shape index (κ2) is 7.16. The van der Waals surface area contributed by atoms with Crippen molar-refractivity contribution in [2.24, 2.45) is 5.73 Å². The van der Waals surface area contributed by atoms with Crippen LogP contribution in [0.2, 0.25) is 0 Å². The molecule has 3 N–H and O–H groups in total. The molecule has 1 aliphatic carbocycles. The van der Waals surface area contributed by atoms with Crippen LogP contribution in [0.15, 0.2) is 18.3 Å². The standard InChI is InChI=1S/C20H25N5O2S/c1-12-16(13-6-9-22-15(11-13)20(2)7-4-8-20)28-18(23-12)24-19(27)25-10-3-5-14(25)17(21)26/h6,9,11,14H,3-5,7-8,10H2,1-2H3,(H2,21,26)(H,23,24,27)/t14-/m0/s1. The zero-order valence-electron chi connectivity index (χ0n) is 16.2. The highest BCUT2D eigenvalue weighted by atomic mass is 32.1. The van der Waals surface area contributed by atoms with Gasteiger partial charge in [0.1, 0.15) is 6.04 Å². The molecule has 4 rings (SSSR count). The van der Waals surface area contributed by atoms with E-state index in [1.807, 2.05) is 19.2 Å². The van der Waals surface area contributed by atoms with Gasteiger partial charge in [-0.1, -0.05) is 24.7 Å². The molecule has 0 aromatic carbocycles. The molecule has 1 aliphatic heterocycles. The number of primary amides is 1. The second-order valence-electron chi connectivity index (χ2n) is 7.96. The number of likely N-dealkylation sites (tertiary alicyclic amines) is 1. The van der Waals surface area contributed by atoms with Crippen LogP contribution in [0, 0.1) is 6.92 Å². The van der Waals surface area contributed by atoms with Gasteiger partial charge in [0.15, 0.2) is 5.13 Å². The summed E-state index contributed by atoms with van der Waals surface area (Å²) in [7, 11) is 0. The predicted octanol–water partition coefficient (Wildman–Crippen LogP) is 3.44. The van der Waals surface area contributed by atoms with Gasteiger partial charge in [-0.2, -0.15) is 0 Å². The number of rotatable bonds is 4. The first-order valence-corrected chi connectivity index (χ1v) is 10.5. The lowest BCUT2D eigenvalue weighted by molar-refractivity contribution is -0.121. The van der Waals surface area contributed by atoms with Gasteiger partial charge in [0.05, 0.1) is 10.6 Å². The zero-order chi connectivity index (χ0) is 19.9. The average Bonchev–Trinajstić information content (AvgIpc) is 3.26. The highest BCUT2D eigenvalue weighted by molar-refractivity contribution is 7.19. The summed E-state index contributed by atoms with van der Waals surface area (Å²) in [5.74, 6) is -0.461. The predicted molar refractivity (Wildman–Crippen MR) is 109 cm³/mol. The molecule has 28 heavy (non-hydrogen) atoms. The Hall–Kier alpha value is -2.48. The number of nitrogens with zero attached hydrogens (tertiary/aromatic N) is 3. The lowest BCUT2D eigenvalue weighted by Gasteiger charge is -2.37. The molecular formula is C20H25N5O2S. The maximum Gasteiger partial charge on any atom is 0.324 e. The number of hydrogen-bond donors (Lipinski definition) is 2. The summed E-state index contributed by atoms with van der Waals surface area (Å²) in [6.45, 7) is 4.73. The van der Waals surface area contributed by atoms with E-state index in [4.69, 9.17) is 5.73 Å². The summed E-state index contributed by atoms with van der Waals surface area (Å²) >= 11 is 1.44. The molecule has 2 fully saturated rings. The van der Waals surface area contributed by atoms with Gasteiger partial charge >= 0.3 is 6.03 Å². The van der Waals surface area contributed by atoms with Gasteiger partial charge in [0.2, 0.25) is 5.91 Å². The van der Waals surface area contributed by atoms with E-state index in [9.17, 15) is 9.59 Å². The molecule has 148 valence electrons. The average molecular weight is 400 g/mol. The molecule has 0 radical (unpaired) electrons. The van der Waals surface area contributed by atoms with Crippen molar-refractivity contribution >= 4 is 28.4 Å². The first-order chi connectivity index (χ1) is 13.4. The van der Waals surface area contributed by atoms with Crippen LogP contribution >= 0.6 is 11.3 Å². The molecule has 3 heterocycles. The minimum atomic E-state index is -0.536.